The van der Waals surface area contributed by atoms with Gasteiger partial charge in [0.25, 0.3) is 11.8 Å². The number of anilines is 2. The first-order chi connectivity index (χ1) is 22.3. The highest BCUT2D eigenvalue weighted by atomic mass is 32.2. The summed E-state index contributed by atoms with van der Waals surface area (Å²) < 4.78 is 5.21. The van der Waals surface area contributed by atoms with E-state index in [9.17, 15) is 14.4 Å². The number of benzene rings is 4. The normalized spacial score (nSPS) is 11.8. The van der Waals surface area contributed by atoms with Crippen molar-refractivity contribution >= 4 is 57.7 Å². The molecular formula is C36H32N4O4S2. The van der Waals surface area contributed by atoms with Crippen LogP contribution in [-0.2, 0) is 9.59 Å². The molecule has 46 heavy (non-hydrogen) atoms. The first-order valence-corrected chi connectivity index (χ1v) is 16.2. The molecule has 8 nitrogen and oxygen atoms in total. The second-order valence-electron chi connectivity index (χ2n) is 10.3. The number of hydrogen-bond donors (Lipinski definition) is 3. The summed E-state index contributed by atoms with van der Waals surface area (Å²) in [6.45, 7) is 3.79. The lowest BCUT2D eigenvalue weighted by molar-refractivity contribution is -0.115. The molecule has 0 fully saturated rings. The summed E-state index contributed by atoms with van der Waals surface area (Å²) in [5, 5.41) is 10.5. The minimum atomic E-state index is -0.478. The van der Waals surface area contributed by atoms with Gasteiger partial charge in [-0.3, -0.25) is 14.4 Å². The maximum absolute atomic E-state index is 13.5. The summed E-state index contributed by atoms with van der Waals surface area (Å²) >= 11 is 2.71. The Morgan fingerprint density at radius 3 is 2.35 bits per heavy atom. The smallest absolute Gasteiger partial charge is 0.272 e. The highest BCUT2D eigenvalue weighted by Crippen LogP contribution is 2.29. The standard InChI is InChI=1S/C36H32N4O4S2/c1-23-12-14-25(15-13-23)20-31(38-34(42)27-8-5-4-6-9-27)35(43)37-28-10-7-11-30(21-28)46-24(2)33(41)40-36-39-32(22-45-36)26-16-18-29(44-3)19-17-26/h4-22,24H,1-3H3,(H,37,43)(H,38,42)(H,39,40,41)/b31-20-. The number of aryl methyl sites for hydroxylation is 1. The summed E-state index contributed by atoms with van der Waals surface area (Å²) in [6.07, 6.45) is 1.64. The molecule has 0 saturated heterocycles. The van der Waals surface area contributed by atoms with Crippen molar-refractivity contribution < 1.29 is 19.1 Å². The average molecular weight is 649 g/mol. The molecule has 3 N–H and O–H groups in total. The van der Waals surface area contributed by atoms with Crippen LogP contribution in [0.5, 0.6) is 5.75 Å². The number of thioether (sulfide) groups is 1. The van der Waals surface area contributed by atoms with Crippen LogP contribution in [0.15, 0.2) is 119 Å². The fraction of sp³-hybridized carbons (Fsp3) is 0.111. The molecule has 0 aliphatic rings. The van der Waals surface area contributed by atoms with E-state index in [0.29, 0.717) is 16.4 Å². The van der Waals surface area contributed by atoms with E-state index < -0.39 is 17.1 Å². The maximum atomic E-state index is 13.5. The Kier molecular flexibility index (Phi) is 10.6. The zero-order valence-corrected chi connectivity index (χ0v) is 27.1. The number of nitrogens with zero attached hydrogens (tertiary/aromatic N) is 1. The van der Waals surface area contributed by atoms with E-state index in [1.807, 2.05) is 79.9 Å². The van der Waals surface area contributed by atoms with Gasteiger partial charge in [-0.1, -0.05) is 54.1 Å². The van der Waals surface area contributed by atoms with Gasteiger partial charge in [-0.2, -0.15) is 0 Å². The second-order valence-corrected chi connectivity index (χ2v) is 12.6. The molecule has 3 amide bonds. The summed E-state index contributed by atoms with van der Waals surface area (Å²) in [5.74, 6) is -0.304. The second kappa shape index (κ2) is 15.2. The average Bonchev–Trinajstić information content (AvgIpc) is 3.54. The Hall–Kier alpha value is -5.19. The van der Waals surface area contributed by atoms with Gasteiger partial charge in [0.2, 0.25) is 5.91 Å². The number of thiazole rings is 1. The molecule has 0 aliphatic heterocycles. The van der Waals surface area contributed by atoms with Crippen molar-refractivity contribution in [1.29, 1.82) is 0 Å². The van der Waals surface area contributed by atoms with Gasteiger partial charge in [0.1, 0.15) is 11.4 Å². The van der Waals surface area contributed by atoms with E-state index in [0.717, 1.165) is 33.0 Å². The lowest BCUT2D eigenvalue weighted by atomic mass is 10.1. The number of ether oxygens (including phenoxy) is 1. The van der Waals surface area contributed by atoms with Crippen LogP contribution >= 0.6 is 23.1 Å². The number of aromatic nitrogens is 1. The Morgan fingerprint density at radius 2 is 1.63 bits per heavy atom. The number of nitrogens with one attached hydrogen (secondary N) is 3. The van der Waals surface area contributed by atoms with Crippen LogP contribution in [0.2, 0.25) is 0 Å². The predicted molar refractivity (Wildman–Crippen MR) is 186 cm³/mol. The van der Waals surface area contributed by atoms with Crippen molar-refractivity contribution in [1.82, 2.24) is 10.3 Å². The summed E-state index contributed by atoms with van der Waals surface area (Å²) in [7, 11) is 1.62. The Bertz CT molecular complexity index is 1850. The summed E-state index contributed by atoms with van der Waals surface area (Å²) in [6, 6.07) is 31.1. The molecule has 0 spiro atoms. The van der Waals surface area contributed by atoms with E-state index in [4.69, 9.17) is 4.74 Å². The molecular weight excluding hydrogens is 617 g/mol. The van der Waals surface area contributed by atoms with Crippen molar-refractivity contribution in [2.75, 3.05) is 17.7 Å². The molecule has 232 valence electrons. The monoisotopic (exact) mass is 648 g/mol. The third-order valence-corrected chi connectivity index (χ3v) is 8.66. The third kappa shape index (κ3) is 8.71. The van der Waals surface area contributed by atoms with Crippen LogP contribution in [0.1, 0.15) is 28.4 Å². The van der Waals surface area contributed by atoms with Crippen molar-refractivity contribution in [3.63, 3.8) is 0 Å². The van der Waals surface area contributed by atoms with Crippen LogP contribution in [-0.4, -0.2) is 35.1 Å². The number of methoxy groups -OCH3 is 1. The van der Waals surface area contributed by atoms with Crippen LogP contribution in [0.4, 0.5) is 10.8 Å². The van der Waals surface area contributed by atoms with E-state index in [2.05, 4.69) is 20.9 Å². The molecule has 5 rings (SSSR count). The molecule has 1 atom stereocenters. The molecule has 1 aromatic heterocycles. The van der Waals surface area contributed by atoms with Gasteiger partial charge >= 0.3 is 0 Å². The molecule has 0 aliphatic carbocycles. The van der Waals surface area contributed by atoms with Gasteiger partial charge < -0.3 is 20.7 Å². The predicted octanol–water partition coefficient (Wildman–Crippen LogP) is 7.66. The van der Waals surface area contributed by atoms with E-state index in [1.54, 1.807) is 55.7 Å². The molecule has 5 aromatic rings. The number of amides is 3. The lowest BCUT2D eigenvalue weighted by Crippen LogP contribution is -2.30. The van der Waals surface area contributed by atoms with Crippen LogP contribution in [0, 0.1) is 6.92 Å². The summed E-state index contributed by atoms with van der Waals surface area (Å²) in [5.41, 5.74) is 4.60. The van der Waals surface area contributed by atoms with Crippen molar-refractivity contribution in [2.24, 2.45) is 0 Å². The number of hydrogen-bond acceptors (Lipinski definition) is 7. The van der Waals surface area contributed by atoms with Crippen LogP contribution in [0.3, 0.4) is 0 Å². The third-order valence-electron chi connectivity index (χ3n) is 6.81. The van der Waals surface area contributed by atoms with Crippen molar-refractivity contribution in [2.45, 2.75) is 24.0 Å². The maximum Gasteiger partial charge on any atom is 0.272 e. The van der Waals surface area contributed by atoms with Gasteiger partial charge in [0, 0.05) is 27.1 Å². The van der Waals surface area contributed by atoms with Crippen LogP contribution < -0.4 is 20.7 Å². The molecule has 10 heteroatoms. The fourth-order valence-corrected chi connectivity index (χ4v) is 5.96. The number of carbonyl (C=O) groups is 3. The van der Waals surface area contributed by atoms with Gasteiger partial charge in [-0.05, 0) is 80.1 Å². The molecule has 1 heterocycles. The Morgan fingerprint density at radius 1 is 0.891 bits per heavy atom. The largest absolute Gasteiger partial charge is 0.497 e. The molecule has 0 bridgehead atoms. The number of carbonyl (C=O) groups excluding carboxylic acids is 3. The lowest BCUT2D eigenvalue weighted by Gasteiger charge is -2.14. The molecule has 4 aromatic carbocycles. The van der Waals surface area contributed by atoms with E-state index in [1.165, 1.54) is 23.1 Å². The van der Waals surface area contributed by atoms with Gasteiger partial charge in [0.05, 0.1) is 18.1 Å². The molecule has 1 unspecified atom stereocenters. The number of rotatable bonds is 11. The minimum absolute atomic E-state index is 0.0981. The first kappa shape index (κ1) is 32.2. The molecule has 0 saturated carbocycles. The topological polar surface area (TPSA) is 109 Å². The van der Waals surface area contributed by atoms with Gasteiger partial charge in [-0.25, -0.2) is 4.98 Å². The zero-order chi connectivity index (χ0) is 32.5. The Balaban J connectivity index is 1.24. The zero-order valence-electron chi connectivity index (χ0n) is 25.4. The van der Waals surface area contributed by atoms with Gasteiger partial charge in [-0.15, -0.1) is 23.1 Å². The Labute approximate surface area is 275 Å². The minimum Gasteiger partial charge on any atom is -0.497 e. The highest BCUT2D eigenvalue weighted by Gasteiger charge is 2.18. The quantitative estimate of drug-likeness (QED) is 0.100. The van der Waals surface area contributed by atoms with Crippen molar-refractivity contribution in [3.8, 4) is 17.0 Å². The summed E-state index contributed by atoms with van der Waals surface area (Å²) in [4.78, 5) is 44.8. The van der Waals surface area contributed by atoms with E-state index in [-0.39, 0.29) is 11.6 Å². The fourth-order valence-electron chi connectivity index (χ4n) is 4.31. The highest BCUT2D eigenvalue weighted by molar-refractivity contribution is 8.00. The van der Waals surface area contributed by atoms with E-state index >= 15 is 0 Å². The van der Waals surface area contributed by atoms with Gasteiger partial charge in [0.15, 0.2) is 5.13 Å². The molecule has 0 radical (unpaired) electrons. The first-order valence-electron chi connectivity index (χ1n) is 14.4. The van der Waals surface area contributed by atoms with Crippen LogP contribution in [0.25, 0.3) is 17.3 Å². The van der Waals surface area contributed by atoms with Crippen molar-refractivity contribution in [3.05, 3.63) is 131 Å². The SMILES string of the molecule is COc1ccc(-c2csc(NC(=O)C(C)Sc3cccc(NC(=O)/C(=C/c4ccc(C)cc4)NC(=O)c4ccccc4)c3)n2)cc1.